The van der Waals surface area contributed by atoms with E-state index in [4.69, 9.17) is 10.7 Å². The summed E-state index contributed by atoms with van der Waals surface area (Å²) in [6.45, 7) is 5.06. The van der Waals surface area contributed by atoms with Gasteiger partial charge in [-0.25, -0.2) is 4.98 Å². The molecule has 0 atom stereocenters. The number of nitrogen functional groups attached to an aromatic ring is 1. The molecule has 0 radical (unpaired) electrons. The van der Waals surface area contributed by atoms with Gasteiger partial charge in [0.2, 0.25) is 0 Å². The summed E-state index contributed by atoms with van der Waals surface area (Å²) in [5.74, 6) is 2.53. The zero-order valence-corrected chi connectivity index (χ0v) is 10.8. The Bertz CT molecular complexity index is 581. The van der Waals surface area contributed by atoms with Crippen LogP contribution in [0.1, 0.15) is 37.1 Å². The number of anilines is 1. The van der Waals surface area contributed by atoms with Crippen LogP contribution in [0.2, 0.25) is 0 Å². The maximum absolute atomic E-state index is 6.25. The molecule has 0 spiro atoms. The molecule has 4 heteroatoms. The van der Waals surface area contributed by atoms with Gasteiger partial charge >= 0.3 is 0 Å². The highest BCUT2D eigenvalue weighted by molar-refractivity contribution is 5.73. The van der Waals surface area contributed by atoms with Crippen LogP contribution in [0.15, 0.2) is 18.5 Å². The van der Waals surface area contributed by atoms with E-state index in [9.17, 15) is 0 Å². The molecule has 0 saturated heterocycles. The van der Waals surface area contributed by atoms with Crippen LogP contribution < -0.4 is 5.73 Å². The Morgan fingerprint density at radius 1 is 1.44 bits per heavy atom. The molecule has 2 aromatic heterocycles. The van der Waals surface area contributed by atoms with E-state index in [1.54, 1.807) is 6.20 Å². The van der Waals surface area contributed by atoms with E-state index in [0.717, 1.165) is 29.4 Å². The average Bonchev–Trinajstić information content (AvgIpc) is 3.15. The molecule has 18 heavy (non-hydrogen) atoms. The van der Waals surface area contributed by atoms with Gasteiger partial charge in [-0.3, -0.25) is 4.98 Å². The molecule has 2 N–H and O–H groups in total. The highest BCUT2D eigenvalue weighted by atomic mass is 15.1. The lowest BCUT2D eigenvalue weighted by atomic mass is 10.1. The van der Waals surface area contributed by atoms with Crippen molar-refractivity contribution in [1.29, 1.82) is 0 Å². The lowest BCUT2D eigenvalue weighted by Crippen LogP contribution is -2.04. The van der Waals surface area contributed by atoms with E-state index in [1.807, 2.05) is 12.3 Å². The highest BCUT2D eigenvalue weighted by Gasteiger charge is 2.30. The molecule has 1 aliphatic carbocycles. The van der Waals surface area contributed by atoms with Crippen molar-refractivity contribution in [1.82, 2.24) is 14.5 Å². The molecular weight excluding hydrogens is 224 g/mol. The quantitative estimate of drug-likeness (QED) is 0.900. The lowest BCUT2D eigenvalue weighted by molar-refractivity contribution is 0.708. The lowest BCUT2D eigenvalue weighted by Gasteiger charge is -2.06. The Morgan fingerprint density at radius 2 is 2.22 bits per heavy atom. The SMILES string of the molecule is CCn1c(C2CC2)nc(-c2cnccc2C)c1N. The van der Waals surface area contributed by atoms with Crippen molar-refractivity contribution >= 4 is 5.82 Å². The molecule has 0 unspecified atom stereocenters. The molecule has 0 bridgehead atoms. The van der Waals surface area contributed by atoms with Gasteiger partial charge in [0.25, 0.3) is 0 Å². The Hall–Kier alpha value is -1.84. The first-order valence-corrected chi connectivity index (χ1v) is 6.49. The number of aryl methyl sites for hydroxylation is 1. The third kappa shape index (κ3) is 1.68. The van der Waals surface area contributed by atoms with Gasteiger partial charge in [-0.2, -0.15) is 0 Å². The second-order valence-electron chi connectivity index (χ2n) is 4.91. The molecule has 1 saturated carbocycles. The number of hydrogen-bond donors (Lipinski definition) is 1. The summed E-state index contributed by atoms with van der Waals surface area (Å²) in [4.78, 5) is 8.96. The largest absolute Gasteiger partial charge is 0.383 e. The van der Waals surface area contributed by atoms with Crippen LogP contribution in [0, 0.1) is 6.92 Å². The molecule has 1 aliphatic rings. The molecular formula is C14H18N4. The monoisotopic (exact) mass is 242 g/mol. The van der Waals surface area contributed by atoms with Gasteiger partial charge in [0, 0.05) is 30.4 Å². The summed E-state index contributed by atoms with van der Waals surface area (Å²) in [7, 11) is 0. The number of rotatable bonds is 3. The predicted octanol–water partition coefficient (Wildman–Crippen LogP) is 2.73. The van der Waals surface area contributed by atoms with Gasteiger partial charge in [-0.05, 0) is 38.3 Å². The first kappa shape index (κ1) is 11.3. The molecule has 1 fully saturated rings. The zero-order valence-electron chi connectivity index (χ0n) is 10.8. The van der Waals surface area contributed by atoms with Gasteiger partial charge in [-0.15, -0.1) is 0 Å². The predicted molar refractivity (Wildman–Crippen MR) is 72.3 cm³/mol. The van der Waals surface area contributed by atoms with Crippen molar-refractivity contribution in [2.45, 2.75) is 39.2 Å². The van der Waals surface area contributed by atoms with E-state index in [0.29, 0.717) is 5.92 Å². The van der Waals surface area contributed by atoms with Crippen molar-refractivity contribution in [3.05, 3.63) is 29.8 Å². The van der Waals surface area contributed by atoms with Gasteiger partial charge < -0.3 is 10.3 Å². The van der Waals surface area contributed by atoms with Crippen LogP contribution in [0.5, 0.6) is 0 Å². The van der Waals surface area contributed by atoms with Crippen LogP contribution >= 0.6 is 0 Å². The van der Waals surface area contributed by atoms with Crippen LogP contribution in [-0.2, 0) is 6.54 Å². The number of imidazole rings is 1. The maximum Gasteiger partial charge on any atom is 0.131 e. The van der Waals surface area contributed by atoms with Crippen molar-refractivity contribution in [2.24, 2.45) is 0 Å². The molecule has 94 valence electrons. The molecule has 0 aromatic carbocycles. The highest BCUT2D eigenvalue weighted by Crippen LogP contribution is 2.42. The van der Waals surface area contributed by atoms with E-state index < -0.39 is 0 Å². The molecule has 0 amide bonds. The Morgan fingerprint density at radius 3 is 2.83 bits per heavy atom. The minimum absolute atomic E-state index is 0.609. The third-order valence-electron chi connectivity index (χ3n) is 3.59. The van der Waals surface area contributed by atoms with Gasteiger partial charge in [-0.1, -0.05) is 0 Å². The molecule has 2 aromatic rings. The van der Waals surface area contributed by atoms with Gasteiger partial charge in [0.1, 0.15) is 17.3 Å². The normalized spacial score (nSPS) is 15.0. The maximum atomic E-state index is 6.25. The minimum atomic E-state index is 0.609. The molecule has 4 nitrogen and oxygen atoms in total. The standard InChI is InChI=1S/C14H18N4/c1-3-18-13(15)12(17-14(18)10-4-5-10)11-8-16-7-6-9(11)2/h6-8,10H,3-5,15H2,1-2H3. The fourth-order valence-corrected chi connectivity index (χ4v) is 2.38. The summed E-state index contributed by atoms with van der Waals surface area (Å²) < 4.78 is 2.14. The molecule has 0 aliphatic heterocycles. The summed E-state index contributed by atoms with van der Waals surface area (Å²) in [6.07, 6.45) is 6.13. The van der Waals surface area contributed by atoms with Crippen LogP contribution in [0.3, 0.4) is 0 Å². The van der Waals surface area contributed by atoms with E-state index in [2.05, 4.69) is 23.4 Å². The summed E-state index contributed by atoms with van der Waals surface area (Å²) in [6, 6.07) is 2.00. The topological polar surface area (TPSA) is 56.7 Å². The minimum Gasteiger partial charge on any atom is -0.383 e. The Kier molecular flexibility index (Phi) is 2.58. The number of nitrogens with two attached hydrogens (primary N) is 1. The van der Waals surface area contributed by atoms with Crippen molar-refractivity contribution in [3.8, 4) is 11.3 Å². The van der Waals surface area contributed by atoms with Gasteiger partial charge in [0.05, 0.1) is 0 Å². The number of pyridine rings is 1. The van der Waals surface area contributed by atoms with Crippen LogP contribution in [-0.4, -0.2) is 14.5 Å². The summed E-state index contributed by atoms with van der Waals surface area (Å²) in [5, 5.41) is 0. The smallest absolute Gasteiger partial charge is 0.131 e. The summed E-state index contributed by atoms with van der Waals surface area (Å²) >= 11 is 0. The molecule has 2 heterocycles. The van der Waals surface area contributed by atoms with Crippen LogP contribution in [0.4, 0.5) is 5.82 Å². The Labute approximate surface area is 107 Å². The van der Waals surface area contributed by atoms with Crippen molar-refractivity contribution < 1.29 is 0 Å². The van der Waals surface area contributed by atoms with Crippen molar-refractivity contribution in [2.75, 3.05) is 5.73 Å². The van der Waals surface area contributed by atoms with E-state index >= 15 is 0 Å². The third-order valence-corrected chi connectivity index (χ3v) is 3.59. The first-order chi connectivity index (χ1) is 8.72. The number of hydrogen-bond acceptors (Lipinski definition) is 3. The zero-order chi connectivity index (χ0) is 12.7. The number of nitrogens with zero attached hydrogens (tertiary/aromatic N) is 3. The summed E-state index contributed by atoms with van der Waals surface area (Å²) in [5.41, 5.74) is 9.36. The fourth-order valence-electron chi connectivity index (χ4n) is 2.38. The van der Waals surface area contributed by atoms with Gasteiger partial charge in [0.15, 0.2) is 0 Å². The second kappa shape index (κ2) is 4.12. The number of aromatic nitrogens is 3. The first-order valence-electron chi connectivity index (χ1n) is 6.49. The van der Waals surface area contributed by atoms with E-state index in [-0.39, 0.29) is 0 Å². The fraction of sp³-hybridized carbons (Fsp3) is 0.429. The Balaban J connectivity index is 2.15. The average molecular weight is 242 g/mol. The van der Waals surface area contributed by atoms with E-state index in [1.165, 1.54) is 18.4 Å². The molecule has 3 rings (SSSR count). The van der Waals surface area contributed by atoms with Crippen LogP contribution in [0.25, 0.3) is 11.3 Å². The second-order valence-corrected chi connectivity index (χ2v) is 4.91. The van der Waals surface area contributed by atoms with Crippen molar-refractivity contribution in [3.63, 3.8) is 0 Å².